The number of hydrogen-bond acceptors (Lipinski definition) is 5. The summed E-state index contributed by atoms with van der Waals surface area (Å²) in [6.07, 6.45) is 3.51. The van der Waals surface area contributed by atoms with E-state index in [-0.39, 0.29) is 0 Å². The third kappa shape index (κ3) is 8.54. The Hall–Kier alpha value is -2.38. The molecule has 1 atom stereocenters. The molecule has 0 aliphatic rings. The number of amidine groups is 1. The smallest absolute Gasteiger partial charge is 0.207 e. The number of rotatable bonds is 14. The first-order chi connectivity index (χ1) is 13.5. The summed E-state index contributed by atoms with van der Waals surface area (Å²) >= 11 is 0. The van der Waals surface area contributed by atoms with Crippen molar-refractivity contribution >= 4 is 17.9 Å². The molecule has 0 aliphatic heterocycles. The van der Waals surface area contributed by atoms with E-state index >= 15 is 0 Å². The minimum Gasteiger partial charge on any atom is -0.383 e. The van der Waals surface area contributed by atoms with Gasteiger partial charge in [0.1, 0.15) is 5.84 Å². The predicted octanol–water partition coefficient (Wildman–Crippen LogP) is 2.31. The average Bonchev–Trinajstić information content (AvgIpc) is 2.68. The van der Waals surface area contributed by atoms with E-state index in [0.717, 1.165) is 42.7 Å². The standard InChI is InChI=1S/C21H36N6O/c1-6-11-24-18(7-2)14-25-19-8-9-20(16(3)13-19)21(27-22-5)26-17(4)10-12-23-15-28/h8-9,13,15,18,22,24-25H,4,6-7,10-12,14H2,1-3,5H3,(H,23,28)(H,26,27). The fraction of sp³-hybridized carbons (Fsp3) is 0.524. The molecule has 0 saturated carbocycles. The van der Waals surface area contributed by atoms with Gasteiger partial charge < -0.3 is 21.4 Å². The van der Waals surface area contributed by atoms with Gasteiger partial charge in [0.25, 0.3) is 0 Å². The lowest BCUT2D eigenvalue weighted by Crippen LogP contribution is -2.36. The van der Waals surface area contributed by atoms with Gasteiger partial charge >= 0.3 is 0 Å². The Balaban J connectivity index is 2.83. The van der Waals surface area contributed by atoms with Crippen LogP contribution in [-0.4, -0.2) is 45.0 Å². The molecular formula is C21H36N6O. The van der Waals surface area contributed by atoms with Gasteiger partial charge in [-0.1, -0.05) is 20.4 Å². The van der Waals surface area contributed by atoms with Crippen LogP contribution in [0.1, 0.15) is 44.2 Å². The van der Waals surface area contributed by atoms with Gasteiger partial charge in [-0.3, -0.25) is 4.79 Å². The van der Waals surface area contributed by atoms with E-state index in [2.05, 4.69) is 77.3 Å². The molecule has 1 unspecified atom stereocenters. The van der Waals surface area contributed by atoms with E-state index in [1.54, 1.807) is 7.05 Å². The van der Waals surface area contributed by atoms with Gasteiger partial charge in [0.05, 0.1) is 0 Å². The first-order valence-electron chi connectivity index (χ1n) is 10.00. The molecule has 1 aromatic rings. The topological polar surface area (TPSA) is 89.6 Å². The monoisotopic (exact) mass is 388 g/mol. The number of amides is 1. The van der Waals surface area contributed by atoms with Crippen molar-refractivity contribution in [1.82, 2.24) is 21.5 Å². The quantitative estimate of drug-likeness (QED) is 0.111. The predicted molar refractivity (Wildman–Crippen MR) is 119 cm³/mol. The van der Waals surface area contributed by atoms with Gasteiger partial charge in [-0.05, 0) is 50.1 Å². The number of carbonyl (C=O) groups excluding carboxylic acids is 1. The highest BCUT2D eigenvalue weighted by molar-refractivity contribution is 6.00. The van der Waals surface area contributed by atoms with E-state index in [9.17, 15) is 4.79 Å². The molecule has 0 heterocycles. The minimum absolute atomic E-state index is 0.464. The Morgan fingerprint density at radius 3 is 2.68 bits per heavy atom. The maximum Gasteiger partial charge on any atom is 0.207 e. The van der Waals surface area contributed by atoms with Gasteiger partial charge in [0.2, 0.25) is 6.41 Å². The third-order valence-electron chi connectivity index (χ3n) is 4.36. The summed E-state index contributed by atoms with van der Waals surface area (Å²) in [6.45, 7) is 12.9. The number of benzene rings is 1. The molecule has 5 N–H and O–H groups in total. The number of hydrazine groups is 1. The second-order valence-electron chi connectivity index (χ2n) is 6.69. The van der Waals surface area contributed by atoms with Crippen molar-refractivity contribution in [1.29, 1.82) is 0 Å². The normalized spacial score (nSPS) is 12.4. The lowest BCUT2D eigenvalue weighted by Gasteiger charge is -2.19. The number of aliphatic imine (C=N–C) groups is 1. The van der Waals surface area contributed by atoms with Crippen molar-refractivity contribution in [2.75, 3.05) is 32.0 Å². The Bertz CT molecular complexity index is 644. The molecule has 28 heavy (non-hydrogen) atoms. The molecule has 1 rings (SSSR count). The maximum atomic E-state index is 10.4. The zero-order valence-electron chi connectivity index (χ0n) is 17.7. The summed E-state index contributed by atoms with van der Waals surface area (Å²) in [7, 11) is 1.80. The first kappa shape index (κ1) is 23.7. The van der Waals surface area contributed by atoms with Crippen LogP contribution in [0, 0.1) is 6.92 Å². The second kappa shape index (κ2) is 13.7. The molecule has 156 valence electrons. The van der Waals surface area contributed by atoms with Gasteiger partial charge in [-0.2, -0.15) is 0 Å². The van der Waals surface area contributed by atoms with Crippen LogP contribution in [0.5, 0.6) is 0 Å². The molecule has 0 bridgehead atoms. The average molecular weight is 389 g/mol. The highest BCUT2D eigenvalue weighted by Gasteiger charge is 2.09. The Labute approximate surface area is 169 Å². The molecule has 1 amide bonds. The summed E-state index contributed by atoms with van der Waals surface area (Å²) < 4.78 is 0. The van der Waals surface area contributed by atoms with Crippen molar-refractivity contribution in [3.63, 3.8) is 0 Å². The Morgan fingerprint density at radius 2 is 2.07 bits per heavy atom. The van der Waals surface area contributed by atoms with Crippen LogP contribution < -0.4 is 26.8 Å². The van der Waals surface area contributed by atoms with Gasteiger partial charge in [0.15, 0.2) is 0 Å². The van der Waals surface area contributed by atoms with Crippen LogP contribution in [0.4, 0.5) is 5.69 Å². The maximum absolute atomic E-state index is 10.4. The van der Waals surface area contributed by atoms with Crippen molar-refractivity contribution in [3.05, 3.63) is 41.6 Å². The lowest BCUT2D eigenvalue weighted by molar-refractivity contribution is -0.109. The second-order valence-corrected chi connectivity index (χ2v) is 6.69. The summed E-state index contributed by atoms with van der Waals surface area (Å²) in [5, 5.41) is 9.70. The largest absolute Gasteiger partial charge is 0.383 e. The van der Waals surface area contributed by atoms with Crippen LogP contribution in [0.15, 0.2) is 35.5 Å². The summed E-state index contributed by atoms with van der Waals surface area (Å²) in [4.78, 5) is 14.9. The van der Waals surface area contributed by atoms with Crippen LogP contribution in [-0.2, 0) is 4.79 Å². The lowest BCUT2D eigenvalue weighted by atomic mass is 10.1. The zero-order chi connectivity index (χ0) is 20.8. The van der Waals surface area contributed by atoms with Crippen LogP contribution in [0.3, 0.4) is 0 Å². The van der Waals surface area contributed by atoms with Gasteiger partial charge in [-0.15, -0.1) is 0 Å². The van der Waals surface area contributed by atoms with E-state index < -0.39 is 0 Å². The van der Waals surface area contributed by atoms with E-state index in [1.807, 2.05) is 0 Å². The molecular weight excluding hydrogens is 352 g/mol. The summed E-state index contributed by atoms with van der Waals surface area (Å²) in [5.74, 6) is 0.707. The molecule has 7 heteroatoms. The van der Waals surface area contributed by atoms with E-state index in [1.165, 1.54) is 0 Å². The zero-order valence-corrected chi connectivity index (χ0v) is 17.7. The fourth-order valence-electron chi connectivity index (χ4n) is 2.75. The van der Waals surface area contributed by atoms with Crippen LogP contribution >= 0.6 is 0 Å². The van der Waals surface area contributed by atoms with Gasteiger partial charge in [0, 0.05) is 49.5 Å². The fourth-order valence-corrected chi connectivity index (χ4v) is 2.75. The first-order valence-corrected chi connectivity index (χ1v) is 10.00. The molecule has 0 aliphatic carbocycles. The molecule has 1 aromatic carbocycles. The third-order valence-corrected chi connectivity index (χ3v) is 4.36. The minimum atomic E-state index is 0.464. The van der Waals surface area contributed by atoms with Gasteiger partial charge in [-0.25, -0.2) is 10.4 Å². The molecule has 0 fully saturated rings. The van der Waals surface area contributed by atoms with E-state index in [0.29, 0.717) is 37.0 Å². The molecule has 7 nitrogen and oxygen atoms in total. The SMILES string of the molecule is C=C(CCNC=O)N=C(NNC)c1ccc(NCC(CC)NCCC)cc1C. The highest BCUT2D eigenvalue weighted by Crippen LogP contribution is 2.17. The summed E-state index contributed by atoms with van der Waals surface area (Å²) in [6, 6.07) is 6.72. The number of nitrogens with zero attached hydrogens (tertiary/aromatic N) is 1. The molecule has 0 spiro atoms. The Kier molecular flexibility index (Phi) is 11.6. The number of carbonyl (C=O) groups is 1. The highest BCUT2D eigenvalue weighted by atomic mass is 16.1. The number of aryl methyl sites for hydroxylation is 1. The summed E-state index contributed by atoms with van der Waals surface area (Å²) in [5.41, 5.74) is 9.91. The van der Waals surface area contributed by atoms with Crippen LogP contribution in [0.25, 0.3) is 0 Å². The van der Waals surface area contributed by atoms with Crippen LogP contribution in [0.2, 0.25) is 0 Å². The Morgan fingerprint density at radius 1 is 1.29 bits per heavy atom. The number of nitrogens with one attached hydrogen (secondary N) is 5. The van der Waals surface area contributed by atoms with Crippen molar-refractivity contribution < 1.29 is 4.79 Å². The molecule has 0 aromatic heterocycles. The van der Waals surface area contributed by atoms with Crippen molar-refractivity contribution in [3.8, 4) is 0 Å². The molecule has 0 saturated heterocycles. The van der Waals surface area contributed by atoms with Crippen molar-refractivity contribution in [2.24, 2.45) is 4.99 Å². The van der Waals surface area contributed by atoms with Crippen molar-refractivity contribution in [2.45, 2.75) is 46.1 Å². The molecule has 0 radical (unpaired) electrons. The van der Waals surface area contributed by atoms with E-state index in [4.69, 9.17) is 0 Å². The number of anilines is 1. The number of hydrogen-bond donors (Lipinski definition) is 5.